The minimum atomic E-state index is 0.0926. The summed E-state index contributed by atoms with van der Waals surface area (Å²) in [6.45, 7) is 6.30. The standard InChI is InChI=1S/C22H33N5OS/c1-4-27(5-2)19-14-12-17(13-15-19)21-24-25-22(26(21)3)29-16-20(28)23-18-10-8-6-7-9-11-18/h12-15,18H,4-11,16H2,1-3H3,(H,23,28). The molecule has 0 unspecified atom stereocenters. The van der Waals surface area contributed by atoms with Crippen LogP contribution in [0.15, 0.2) is 29.4 Å². The molecule has 1 saturated carbocycles. The number of aromatic nitrogens is 3. The molecule has 0 spiro atoms. The van der Waals surface area contributed by atoms with Gasteiger partial charge in [0.15, 0.2) is 11.0 Å². The fraction of sp³-hybridized carbons (Fsp3) is 0.591. The van der Waals surface area contributed by atoms with Crippen molar-refractivity contribution in [2.45, 2.75) is 63.6 Å². The molecule has 0 bridgehead atoms. The highest BCUT2D eigenvalue weighted by molar-refractivity contribution is 7.99. The van der Waals surface area contributed by atoms with Gasteiger partial charge in [0.2, 0.25) is 5.91 Å². The maximum Gasteiger partial charge on any atom is 0.230 e. The number of thioether (sulfide) groups is 1. The SMILES string of the molecule is CCN(CC)c1ccc(-c2nnc(SCC(=O)NC3CCCCCC3)n2C)cc1. The minimum Gasteiger partial charge on any atom is -0.372 e. The van der Waals surface area contributed by atoms with Crippen LogP contribution in [0.4, 0.5) is 5.69 Å². The molecule has 1 amide bonds. The number of rotatable bonds is 8. The van der Waals surface area contributed by atoms with E-state index in [0.29, 0.717) is 11.8 Å². The Morgan fingerprint density at radius 3 is 2.38 bits per heavy atom. The Bertz CT molecular complexity index is 777. The molecule has 1 fully saturated rings. The Morgan fingerprint density at radius 2 is 1.76 bits per heavy atom. The monoisotopic (exact) mass is 415 g/mol. The lowest BCUT2D eigenvalue weighted by molar-refractivity contribution is -0.119. The van der Waals surface area contributed by atoms with E-state index in [9.17, 15) is 4.79 Å². The van der Waals surface area contributed by atoms with Crippen LogP contribution >= 0.6 is 11.8 Å². The van der Waals surface area contributed by atoms with E-state index in [1.54, 1.807) is 0 Å². The van der Waals surface area contributed by atoms with Crippen molar-refractivity contribution in [2.75, 3.05) is 23.7 Å². The van der Waals surface area contributed by atoms with Gasteiger partial charge in [-0.3, -0.25) is 4.79 Å². The summed E-state index contributed by atoms with van der Waals surface area (Å²) in [4.78, 5) is 14.7. The lowest BCUT2D eigenvalue weighted by Crippen LogP contribution is -2.35. The van der Waals surface area contributed by atoms with Crippen LogP contribution in [0.2, 0.25) is 0 Å². The second-order valence-corrected chi connectivity index (χ2v) is 8.57. The summed E-state index contributed by atoms with van der Waals surface area (Å²) >= 11 is 1.45. The number of nitrogens with one attached hydrogen (secondary N) is 1. The third-order valence-corrected chi connectivity index (χ3v) is 6.66. The lowest BCUT2D eigenvalue weighted by Gasteiger charge is -2.21. The number of carbonyl (C=O) groups excluding carboxylic acids is 1. The number of nitrogens with zero attached hydrogens (tertiary/aromatic N) is 4. The van der Waals surface area contributed by atoms with E-state index < -0.39 is 0 Å². The van der Waals surface area contributed by atoms with Crippen molar-refractivity contribution in [1.29, 1.82) is 0 Å². The van der Waals surface area contributed by atoms with Crippen LogP contribution in [-0.4, -0.2) is 45.6 Å². The van der Waals surface area contributed by atoms with Gasteiger partial charge in [-0.15, -0.1) is 10.2 Å². The summed E-state index contributed by atoms with van der Waals surface area (Å²) in [5, 5.41) is 12.6. The van der Waals surface area contributed by atoms with Gasteiger partial charge in [-0.25, -0.2) is 0 Å². The number of hydrogen-bond acceptors (Lipinski definition) is 5. The molecule has 29 heavy (non-hydrogen) atoms. The van der Waals surface area contributed by atoms with E-state index in [0.717, 1.165) is 42.5 Å². The van der Waals surface area contributed by atoms with Crippen LogP contribution in [0.5, 0.6) is 0 Å². The van der Waals surface area contributed by atoms with Gasteiger partial charge in [0.1, 0.15) is 0 Å². The molecule has 6 nitrogen and oxygen atoms in total. The molecule has 1 N–H and O–H groups in total. The van der Waals surface area contributed by atoms with Crippen LogP contribution in [-0.2, 0) is 11.8 Å². The first-order chi connectivity index (χ1) is 14.1. The van der Waals surface area contributed by atoms with Crippen molar-refractivity contribution in [2.24, 2.45) is 7.05 Å². The topological polar surface area (TPSA) is 63.1 Å². The van der Waals surface area contributed by atoms with Crippen molar-refractivity contribution >= 4 is 23.4 Å². The number of amides is 1. The Balaban J connectivity index is 1.58. The number of hydrogen-bond donors (Lipinski definition) is 1. The van der Waals surface area contributed by atoms with Crippen molar-refractivity contribution < 1.29 is 4.79 Å². The van der Waals surface area contributed by atoms with Crippen LogP contribution in [0.1, 0.15) is 52.4 Å². The molecule has 1 aromatic carbocycles. The maximum absolute atomic E-state index is 12.3. The van der Waals surface area contributed by atoms with E-state index in [2.05, 4.69) is 58.5 Å². The molecule has 1 heterocycles. The molecular weight excluding hydrogens is 382 g/mol. The Morgan fingerprint density at radius 1 is 1.10 bits per heavy atom. The predicted octanol–water partition coefficient (Wildman–Crippen LogP) is 4.26. The summed E-state index contributed by atoms with van der Waals surface area (Å²) < 4.78 is 1.97. The average Bonchev–Trinajstić information content (AvgIpc) is 2.92. The number of anilines is 1. The van der Waals surface area contributed by atoms with Gasteiger partial charge in [0.05, 0.1) is 5.75 Å². The van der Waals surface area contributed by atoms with E-state index >= 15 is 0 Å². The van der Waals surface area contributed by atoms with Gasteiger partial charge in [-0.1, -0.05) is 37.4 Å². The Labute approximate surface area is 178 Å². The van der Waals surface area contributed by atoms with Gasteiger partial charge in [0, 0.05) is 37.4 Å². The van der Waals surface area contributed by atoms with Crippen molar-refractivity contribution in [3.8, 4) is 11.4 Å². The lowest BCUT2D eigenvalue weighted by atomic mass is 10.1. The highest BCUT2D eigenvalue weighted by Crippen LogP contribution is 2.25. The zero-order valence-corrected chi connectivity index (χ0v) is 18.7. The molecule has 1 aliphatic carbocycles. The second kappa shape index (κ2) is 10.7. The Hall–Kier alpha value is -2.02. The molecule has 1 aromatic heterocycles. The van der Waals surface area contributed by atoms with E-state index in [1.807, 2.05) is 11.6 Å². The summed E-state index contributed by atoms with van der Waals surface area (Å²) in [6.07, 6.45) is 7.23. The van der Waals surface area contributed by atoms with Crippen molar-refractivity contribution in [3.05, 3.63) is 24.3 Å². The first kappa shape index (κ1) is 21.7. The van der Waals surface area contributed by atoms with Gasteiger partial charge in [-0.2, -0.15) is 0 Å². The second-order valence-electron chi connectivity index (χ2n) is 7.63. The maximum atomic E-state index is 12.3. The molecule has 2 aromatic rings. The van der Waals surface area contributed by atoms with Crippen molar-refractivity contribution in [3.63, 3.8) is 0 Å². The summed E-state index contributed by atoms with van der Waals surface area (Å²) in [6, 6.07) is 8.77. The zero-order valence-electron chi connectivity index (χ0n) is 17.9. The van der Waals surface area contributed by atoms with Gasteiger partial charge in [-0.05, 0) is 51.0 Å². The largest absolute Gasteiger partial charge is 0.372 e. The molecule has 7 heteroatoms. The molecule has 0 saturated heterocycles. The molecule has 0 radical (unpaired) electrons. The summed E-state index contributed by atoms with van der Waals surface area (Å²) in [5.74, 6) is 1.29. The highest BCUT2D eigenvalue weighted by atomic mass is 32.2. The van der Waals surface area contributed by atoms with Crippen molar-refractivity contribution in [1.82, 2.24) is 20.1 Å². The average molecular weight is 416 g/mol. The minimum absolute atomic E-state index is 0.0926. The normalized spacial score (nSPS) is 15.1. The molecule has 3 rings (SSSR count). The number of benzene rings is 1. The Kier molecular flexibility index (Phi) is 7.98. The van der Waals surface area contributed by atoms with Crippen LogP contribution < -0.4 is 10.2 Å². The van der Waals surface area contributed by atoms with Crippen LogP contribution in [0.3, 0.4) is 0 Å². The molecule has 158 valence electrons. The van der Waals surface area contributed by atoms with Crippen LogP contribution in [0, 0.1) is 0 Å². The fourth-order valence-electron chi connectivity index (χ4n) is 3.93. The molecule has 0 aliphatic heterocycles. The fourth-order valence-corrected chi connectivity index (χ4v) is 4.65. The van der Waals surface area contributed by atoms with E-state index in [1.165, 1.54) is 43.1 Å². The van der Waals surface area contributed by atoms with Gasteiger partial charge < -0.3 is 14.8 Å². The van der Waals surface area contributed by atoms with Crippen LogP contribution in [0.25, 0.3) is 11.4 Å². The molecule has 1 aliphatic rings. The third kappa shape index (κ3) is 5.75. The quantitative estimate of drug-likeness (QED) is 0.516. The summed E-state index contributed by atoms with van der Waals surface area (Å²) in [7, 11) is 1.96. The first-order valence-corrected chi connectivity index (χ1v) is 11.8. The van der Waals surface area contributed by atoms with E-state index in [-0.39, 0.29) is 5.91 Å². The summed E-state index contributed by atoms with van der Waals surface area (Å²) in [5.41, 5.74) is 2.25. The first-order valence-electron chi connectivity index (χ1n) is 10.8. The van der Waals surface area contributed by atoms with Gasteiger partial charge >= 0.3 is 0 Å². The van der Waals surface area contributed by atoms with Gasteiger partial charge in [0.25, 0.3) is 0 Å². The predicted molar refractivity (Wildman–Crippen MR) is 120 cm³/mol. The molecule has 0 atom stereocenters. The number of carbonyl (C=O) groups is 1. The highest BCUT2D eigenvalue weighted by Gasteiger charge is 2.17. The smallest absolute Gasteiger partial charge is 0.230 e. The zero-order chi connectivity index (χ0) is 20.6. The van der Waals surface area contributed by atoms with E-state index in [4.69, 9.17) is 0 Å². The molecular formula is C22H33N5OS. The third-order valence-electron chi connectivity index (χ3n) is 5.64.